The van der Waals surface area contributed by atoms with Crippen LogP contribution in [-0.4, -0.2) is 34.8 Å². The monoisotopic (exact) mass is 426 g/mol. The quantitative estimate of drug-likeness (QED) is 0.472. The maximum absolute atomic E-state index is 13.1. The van der Waals surface area contributed by atoms with Crippen molar-refractivity contribution in [2.75, 3.05) is 19.5 Å². The summed E-state index contributed by atoms with van der Waals surface area (Å²) >= 11 is 1.71. The van der Waals surface area contributed by atoms with Gasteiger partial charge in [-0.1, -0.05) is 6.07 Å². The number of anilines is 1. The van der Waals surface area contributed by atoms with E-state index in [4.69, 9.17) is 9.47 Å². The Labute approximate surface area is 176 Å². The fourth-order valence-electron chi connectivity index (χ4n) is 3.28. The number of aromatic nitrogens is 2. The van der Waals surface area contributed by atoms with Gasteiger partial charge in [-0.15, -0.1) is 0 Å². The number of carbonyl (C=O) groups is 1. The van der Waals surface area contributed by atoms with E-state index in [9.17, 15) is 14.9 Å². The summed E-state index contributed by atoms with van der Waals surface area (Å²) < 4.78 is 12.3. The smallest absolute Gasteiger partial charge is 0.269 e. The van der Waals surface area contributed by atoms with E-state index in [0.717, 1.165) is 17.0 Å². The van der Waals surface area contributed by atoms with Gasteiger partial charge >= 0.3 is 0 Å². The average molecular weight is 426 g/mol. The van der Waals surface area contributed by atoms with Crippen molar-refractivity contribution < 1.29 is 19.2 Å². The van der Waals surface area contributed by atoms with E-state index in [1.54, 1.807) is 46.8 Å². The molecule has 0 radical (unpaired) electrons. The molecule has 0 spiro atoms. The normalized spacial score (nSPS) is 12.3. The number of ether oxygens (including phenoxy) is 2. The van der Waals surface area contributed by atoms with Crippen LogP contribution in [-0.2, 0) is 11.5 Å². The third kappa shape index (κ3) is 3.45. The number of nitro groups is 1. The third-order valence-corrected chi connectivity index (χ3v) is 5.71. The molecule has 1 amide bonds. The van der Waals surface area contributed by atoms with Crippen LogP contribution in [0.2, 0.25) is 0 Å². The molecule has 2 aromatic carbocycles. The average Bonchev–Trinajstić information content (AvgIpc) is 3.35. The first-order chi connectivity index (χ1) is 14.5. The Morgan fingerprint density at radius 1 is 1.17 bits per heavy atom. The first-order valence-electron chi connectivity index (χ1n) is 8.99. The number of rotatable bonds is 6. The van der Waals surface area contributed by atoms with E-state index in [0.29, 0.717) is 34.3 Å². The van der Waals surface area contributed by atoms with E-state index in [1.165, 1.54) is 26.4 Å². The van der Waals surface area contributed by atoms with Crippen molar-refractivity contribution in [3.8, 4) is 17.2 Å². The molecule has 1 aliphatic rings. The summed E-state index contributed by atoms with van der Waals surface area (Å²) in [7, 11) is 2.98. The van der Waals surface area contributed by atoms with Crippen molar-refractivity contribution in [3.05, 3.63) is 69.4 Å². The number of nitro benzene ring substituents is 1. The predicted octanol–water partition coefficient (Wildman–Crippen LogP) is 3.80. The van der Waals surface area contributed by atoms with Crippen LogP contribution in [0.4, 0.5) is 11.5 Å². The highest BCUT2D eigenvalue weighted by Crippen LogP contribution is 2.37. The number of thioether (sulfide) groups is 1. The molecule has 0 fully saturated rings. The maximum Gasteiger partial charge on any atom is 0.269 e. The van der Waals surface area contributed by atoms with Crippen molar-refractivity contribution in [3.63, 3.8) is 0 Å². The number of carbonyl (C=O) groups excluding carboxylic acids is 1. The van der Waals surface area contributed by atoms with Crippen LogP contribution in [0.3, 0.4) is 0 Å². The van der Waals surface area contributed by atoms with Crippen LogP contribution >= 0.6 is 11.8 Å². The fourth-order valence-corrected chi connectivity index (χ4v) is 4.32. The van der Waals surface area contributed by atoms with E-state index >= 15 is 0 Å². The van der Waals surface area contributed by atoms with Crippen molar-refractivity contribution >= 4 is 29.2 Å². The molecule has 2 heterocycles. The summed E-state index contributed by atoms with van der Waals surface area (Å²) in [4.78, 5) is 23.6. The Kier molecular flexibility index (Phi) is 5.32. The zero-order valence-electron chi connectivity index (χ0n) is 16.2. The first kappa shape index (κ1) is 19.8. The summed E-state index contributed by atoms with van der Waals surface area (Å²) in [6, 6.07) is 11.1. The highest BCUT2D eigenvalue weighted by atomic mass is 32.2. The lowest BCUT2D eigenvalue weighted by atomic mass is 10.1. The third-order valence-electron chi connectivity index (χ3n) is 4.74. The second-order valence-corrected chi connectivity index (χ2v) is 7.43. The number of benzene rings is 2. The number of nitrogens with one attached hydrogen (secondary N) is 1. The van der Waals surface area contributed by atoms with Gasteiger partial charge in [-0.3, -0.25) is 14.9 Å². The van der Waals surface area contributed by atoms with Crippen molar-refractivity contribution in [2.45, 2.75) is 11.5 Å². The lowest BCUT2D eigenvalue weighted by Gasteiger charge is -2.14. The zero-order chi connectivity index (χ0) is 21.3. The van der Waals surface area contributed by atoms with Gasteiger partial charge in [-0.05, 0) is 24.3 Å². The highest BCUT2D eigenvalue weighted by Gasteiger charge is 2.26. The first-order valence-corrected chi connectivity index (χ1v) is 10.1. The van der Waals surface area contributed by atoms with Crippen molar-refractivity contribution in [2.24, 2.45) is 0 Å². The number of amides is 1. The van der Waals surface area contributed by atoms with Gasteiger partial charge in [-0.2, -0.15) is 16.9 Å². The van der Waals surface area contributed by atoms with Gasteiger partial charge in [-0.25, -0.2) is 4.68 Å². The molecule has 9 nitrogen and oxygen atoms in total. The summed E-state index contributed by atoms with van der Waals surface area (Å²) in [5.74, 6) is 2.42. The summed E-state index contributed by atoms with van der Waals surface area (Å²) in [6.07, 6.45) is 0. The van der Waals surface area contributed by atoms with Crippen LogP contribution in [0.1, 0.15) is 21.6 Å². The molecule has 1 aliphatic heterocycles. The zero-order valence-corrected chi connectivity index (χ0v) is 17.1. The van der Waals surface area contributed by atoms with Crippen LogP contribution < -0.4 is 14.8 Å². The van der Waals surface area contributed by atoms with Gasteiger partial charge < -0.3 is 14.8 Å². The molecule has 154 valence electrons. The van der Waals surface area contributed by atoms with Gasteiger partial charge in [0.05, 0.1) is 36.1 Å². The van der Waals surface area contributed by atoms with Crippen molar-refractivity contribution in [1.82, 2.24) is 9.78 Å². The SMILES string of the molecule is COc1cccc(C(=O)Nc2c3c(nn2-c2ccc([N+](=O)[O-])cc2)CSC3)c1OC. The number of nitrogens with zero attached hydrogens (tertiary/aromatic N) is 3. The molecule has 30 heavy (non-hydrogen) atoms. The molecule has 1 N–H and O–H groups in total. The Hall–Kier alpha value is -3.53. The Morgan fingerprint density at radius 3 is 2.60 bits per heavy atom. The maximum atomic E-state index is 13.1. The summed E-state index contributed by atoms with van der Waals surface area (Å²) in [6.45, 7) is 0. The molecule has 10 heteroatoms. The topological polar surface area (TPSA) is 109 Å². The molecule has 0 saturated carbocycles. The number of fused-ring (bicyclic) bond motifs is 1. The van der Waals surface area contributed by atoms with Gasteiger partial charge in [0.25, 0.3) is 11.6 Å². The second kappa shape index (κ2) is 8.07. The standard InChI is InChI=1S/C20H18N4O5S/c1-28-17-5-3-4-14(18(17)29-2)20(25)21-19-15-10-30-11-16(15)22-23(19)12-6-8-13(9-7-12)24(26)27/h3-9H,10-11H2,1-2H3,(H,21,25). The minimum absolute atomic E-state index is 0.0132. The van der Waals surface area contributed by atoms with Gasteiger partial charge in [0.15, 0.2) is 11.5 Å². The van der Waals surface area contributed by atoms with Crippen LogP contribution in [0.15, 0.2) is 42.5 Å². The highest BCUT2D eigenvalue weighted by molar-refractivity contribution is 7.98. The number of methoxy groups -OCH3 is 2. The lowest BCUT2D eigenvalue weighted by Crippen LogP contribution is -2.17. The number of non-ortho nitro benzene ring substituents is 1. The van der Waals surface area contributed by atoms with E-state index in [-0.39, 0.29) is 11.6 Å². The molecule has 0 atom stereocenters. The Bertz CT molecular complexity index is 1130. The fraction of sp³-hybridized carbons (Fsp3) is 0.200. The molecule has 1 aromatic heterocycles. The minimum Gasteiger partial charge on any atom is -0.493 e. The Balaban J connectivity index is 1.73. The molecule has 0 unspecified atom stereocenters. The molecular formula is C20H18N4O5S. The number of hydrogen-bond donors (Lipinski definition) is 1. The molecule has 0 saturated heterocycles. The largest absolute Gasteiger partial charge is 0.493 e. The van der Waals surface area contributed by atoms with Gasteiger partial charge in [0.1, 0.15) is 5.82 Å². The lowest BCUT2D eigenvalue weighted by molar-refractivity contribution is -0.384. The van der Waals surface area contributed by atoms with Crippen LogP contribution in [0.25, 0.3) is 5.69 Å². The van der Waals surface area contributed by atoms with E-state index in [2.05, 4.69) is 10.4 Å². The molecule has 4 rings (SSSR count). The Morgan fingerprint density at radius 2 is 1.93 bits per heavy atom. The molecule has 0 bridgehead atoms. The molecule has 0 aliphatic carbocycles. The molecule has 3 aromatic rings. The summed E-state index contributed by atoms with van der Waals surface area (Å²) in [5, 5.41) is 18.5. The predicted molar refractivity (Wildman–Crippen MR) is 113 cm³/mol. The number of para-hydroxylation sites is 1. The van der Waals surface area contributed by atoms with Gasteiger partial charge in [0.2, 0.25) is 0 Å². The second-order valence-electron chi connectivity index (χ2n) is 6.45. The van der Waals surface area contributed by atoms with Crippen LogP contribution in [0, 0.1) is 10.1 Å². The minimum atomic E-state index is -0.457. The molecular weight excluding hydrogens is 408 g/mol. The van der Waals surface area contributed by atoms with Crippen molar-refractivity contribution in [1.29, 1.82) is 0 Å². The van der Waals surface area contributed by atoms with Gasteiger partial charge in [0, 0.05) is 29.2 Å². The van der Waals surface area contributed by atoms with Crippen LogP contribution in [0.5, 0.6) is 11.5 Å². The van der Waals surface area contributed by atoms with E-state index in [1.807, 2.05) is 0 Å². The number of hydrogen-bond acceptors (Lipinski definition) is 7. The summed E-state index contributed by atoms with van der Waals surface area (Å²) in [5.41, 5.74) is 2.75. The van der Waals surface area contributed by atoms with E-state index < -0.39 is 4.92 Å².